The molecule has 2 aliphatic rings. The first-order valence-corrected chi connectivity index (χ1v) is 11.4. The summed E-state index contributed by atoms with van der Waals surface area (Å²) in [5, 5.41) is 8.38. The van der Waals surface area contributed by atoms with Crippen molar-refractivity contribution in [2.75, 3.05) is 44.8 Å². The van der Waals surface area contributed by atoms with Crippen molar-refractivity contribution in [3.63, 3.8) is 0 Å². The second kappa shape index (κ2) is 11.2. The largest absolute Gasteiger partial charge is 0.454 e. The van der Waals surface area contributed by atoms with Gasteiger partial charge in [-0.2, -0.15) is 0 Å². The summed E-state index contributed by atoms with van der Waals surface area (Å²) in [6, 6.07) is 5.30. The monoisotopic (exact) mass is 462 g/mol. The van der Waals surface area contributed by atoms with Crippen molar-refractivity contribution >= 4 is 23.6 Å². The first kappa shape index (κ1) is 24.6. The van der Waals surface area contributed by atoms with Gasteiger partial charge in [-0.3, -0.25) is 9.59 Å². The number of carbonyl (C=O) groups is 3. The van der Waals surface area contributed by atoms with Crippen LogP contribution in [-0.2, 0) is 14.3 Å². The Morgan fingerprint density at radius 3 is 2.67 bits per heavy atom. The van der Waals surface area contributed by atoms with Gasteiger partial charge in [-0.25, -0.2) is 4.79 Å². The molecule has 2 heterocycles. The number of amides is 3. The number of ether oxygens (including phenoxy) is 3. The number of hydrogen-bond acceptors (Lipinski definition) is 7. The van der Waals surface area contributed by atoms with Gasteiger partial charge >= 0.3 is 6.09 Å². The lowest BCUT2D eigenvalue weighted by Crippen LogP contribution is -2.45. The Hall–Kier alpha value is -3.01. The number of likely N-dealkylation sites (tertiary alicyclic amines) is 1. The van der Waals surface area contributed by atoms with Crippen LogP contribution in [0.2, 0.25) is 0 Å². The van der Waals surface area contributed by atoms with E-state index in [2.05, 4.69) is 20.9 Å². The highest BCUT2D eigenvalue weighted by Crippen LogP contribution is 2.34. The van der Waals surface area contributed by atoms with Gasteiger partial charge in [-0.15, -0.1) is 0 Å². The lowest BCUT2D eigenvalue weighted by molar-refractivity contribution is -0.126. The lowest BCUT2D eigenvalue weighted by atomic mass is 9.97. The summed E-state index contributed by atoms with van der Waals surface area (Å²) in [6.07, 6.45) is 1.55. The van der Waals surface area contributed by atoms with E-state index in [0.29, 0.717) is 49.8 Å². The third-order valence-electron chi connectivity index (χ3n) is 5.28. The molecule has 1 aromatic rings. The van der Waals surface area contributed by atoms with Crippen molar-refractivity contribution < 1.29 is 28.6 Å². The van der Waals surface area contributed by atoms with E-state index >= 15 is 0 Å². The number of benzene rings is 1. The van der Waals surface area contributed by atoms with Gasteiger partial charge in [-0.1, -0.05) is 0 Å². The molecule has 0 aromatic heterocycles. The van der Waals surface area contributed by atoms with Crippen LogP contribution in [0.15, 0.2) is 18.2 Å². The van der Waals surface area contributed by atoms with Crippen molar-refractivity contribution in [3.05, 3.63) is 18.2 Å². The highest BCUT2D eigenvalue weighted by molar-refractivity contribution is 5.91. The number of fused-ring (bicyclic) bond motifs is 1. The SMILES string of the molecule is CC(C)(C)OC(=O)NCCNC(=O)C1CCCN(CCC(=O)Nc2ccc3c(c2)OCO3)C1. The standard InChI is InChI=1S/C23H34N4O6/c1-23(2,3)33-22(30)25-10-9-24-21(29)16-5-4-11-27(14-16)12-8-20(28)26-17-6-7-18-19(13-17)32-15-31-18/h6-7,13,16H,4-5,8-12,14-15H2,1-3H3,(H,24,29)(H,25,30)(H,26,28). The maximum absolute atomic E-state index is 12.5. The highest BCUT2D eigenvalue weighted by Gasteiger charge is 2.26. The van der Waals surface area contributed by atoms with E-state index < -0.39 is 11.7 Å². The minimum Gasteiger partial charge on any atom is -0.454 e. The van der Waals surface area contributed by atoms with Gasteiger partial charge in [0, 0.05) is 44.4 Å². The molecule has 2 aliphatic heterocycles. The number of nitrogens with one attached hydrogen (secondary N) is 3. The first-order chi connectivity index (χ1) is 15.7. The van der Waals surface area contributed by atoms with Crippen LogP contribution >= 0.6 is 0 Å². The summed E-state index contributed by atoms with van der Waals surface area (Å²) in [5.41, 5.74) is 0.112. The van der Waals surface area contributed by atoms with Crippen molar-refractivity contribution in [2.24, 2.45) is 5.92 Å². The zero-order valence-corrected chi connectivity index (χ0v) is 19.6. The van der Waals surface area contributed by atoms with Gasteiger partial charge < -0.3 is 35.1 Å². The van der Waals surface area contributed by atoms with E-state index in [1.54, 1.807) is 39.0 Å². The quantitative estimate of drug-likeness (QED) is 0.506. The predicted molar refractivity (Wildman–Crippen MR) is 122 cm³/mol. The van der Waals surface area contributed by atoms with E-state index in [9.17, 15) is 14.4 Å². The molecule has 0 radical (unpaired) electrons. The fourth-order valence-electron chi connectivity index (χ4n) is 3.74. The van der Waals surface area contributed by atoms with Crippen LogP contribution in [-0.4, -0.2) is 67.9 Å². The molecule has 0 bridgehead atoms. The van der Waals surface area contributed by atoms with Crippen LogP contribution in [0, 0.1) is 5.92 Å². The average Bonchev–Trinajstić information content (AvgIpc) is 3.22. The van der Waals surface area contributed by atoms with E-state index in [1.807, 2.05) is 0 Å². The molecule has 182 valence electrons. The minimum absolute atomic E-state index is 0.0319. The minimum atomic E-state index is -0.555. The molecule has 0 saturated carbocycles. The summed E-state index contributed by atoms with van der Waals surface area (Å²) < 4.78 is 15.8. The van der Waals surface area contributed by atoms with E-state index in [4.69, 9.17) is 14.2 Å². The Balaban J connectivity index is 1.33. The number of nitrogens with zero attached hydrogens (tertiary/aromatic N) is 1. The molecule has 3 amide bonds. The van der Waals surface area contributed by atoms with E-state index in [-0.39, 0.29) is 24.5 Å². The molecule has 10 heteroatoms. The number of rotatable bonds is 8. The van der Waals surface area contributed by atoms with Gasteiger partial charge in [0.1, 0.15) is 5.60 Å². The Kier molecular flexibility index (Phi) is 8.37. The highest BCUT2D eigenvalue weighted by atomic mass is 16.7. The van der Waals surface area contributed by atoms with Crippen molar-refractivity contribution in [1.29, 1.82) is 0 Å². The fraction of sp³-hybridized carbons (Fsp3) is 0.609. The first-order valence-electron chi connectivity index (χ1n) is 11.4. The Morgan fingerprint density at radius 2 is 1.88 bits per heavy atom. The molecular formula is C23H34N4O6. The zero-order valence-electron chi connectivity index (χ0n) is 19.6. The van der Waals surface area contributed by atoms with Gasteiger partial charge in [0.2, 0.25) is 18.6 Å². The number of carbonyl (C=O) groups excluding carboxylic acids is 3. The number of hydrogen-bond donors (Lipinski definition) is 3. The summed E-state index contributed by atoms with van der Waals surface area (Å²) >= 11 is 0. The van der Waals surface area contributed by atoms with Gasteiger partial charge in [0.15, 0.2) is 11.5 Å². The van der Waals surface area contributed by atoms with Crippen LogP contribution in [0.25, 0.3) is 0 Å². The molecule has 1 saturated heterocycles. The molecule has 1 fully saturated rings. The van der Waals surface area contributed by atoms with Crippen LogP contribution in [0.1, 0.15) is 40.0 Å². The van der Waals surface area contributed by atoms with Crippen LogP contribution in [0.3, 0.4) is 0 Å². The molecule has 10 nitrogen and oxygen atoms in total. The molecule has 0 aliphatic carbocycles. The fourth-order valence-corrected chi connectivity index (χ4v) is 3.74. The molecule has 0 spiro atoms. The van der Waals surface area contributed by atoms with Gasteiger partial charge in [-0.05, 0) is 52.3 Å². The molecule has 1 atom stereocenters. The second-order valence-electron chi connectivity index (χ2n) is 9.23. The molecule has 3 N–H and O–H groups in total. The second-order valence-corrected chi connectivity index (χ2v) is 9.23. The van der Waals surface area contributed by atoms with Crippen LogP contribution in [0.5, 0.6) is 11.5 Å². The molecule has 1 aromatic carbocycles. The van der Waals surface area contributed by atoms with Crippen LogP contribution in [0.4, 0.5) is 10.5 Å². The Morgan fingerprint density at radius 1 is 1.12 bits per heavy atom. The molecule has 1 unspecified atom stereocenters. The summed E-state index contributed by atoms with van der Waals surface area (Å²) in [6.45, 7) is 8.28. The van der Waals surface area contributed by atoms with Gasteiger partial charge in [0.05, 0.1) is 5.92 Å². The summed E-state index contributed by atoms with van der Waals surface area (Å²) in [4.78, 5) is 38.6. The number of piperidine rings is 1. The molecular weight excluding hydrogens is 428 g/mol. The number of alkyl carbamates (subject to hydrolysis) is 1. The topological polar surface area (TPSA) is 118 Å². The van der Waals surface area contributed by atoms with E-state index in [0.717, 1.165) is 19.4 Å². The van der Waals surface area contributed by atoms with E-state index in [1.165, 1.54) is 0 Å². The van der Waals surface area contributed by atoms with Gasteiger partial charge in [0.25, 0.3) is 0 Å². The Bertz CT molecular complexity index is 854. The predicted octanol–water partition coefficient (Wildman–Crippen LogP) is 2.10. The van der Waals surface area contributed by atoms with Crippen molar-refractivity contribution in [2.45, 2.75) is 45.6 Å². The normalized spacial score (nSPS) is 17.8. The maximum atomic E-state index is 12.5. The third-order valence-corrected chi connectivity index (χ3v) is 5.28. The van der Waals surface area contributed by atoms with Crippen LogP contribution < -0.4 is 25.4 Å². The zero-order chi connectivity index (χ0) is 23.8. The van der Waals surface area contributed by atoms with Crippen molar-refractivity contribution in [3.8, 4) is 11.5 Å². The summed E-state index contributed by atoms with van der Waals surface area (Å²) in [7, 11) is 0. The smallest absolute Gasteiger partial charge is 0.407 e. The maximum Gasteiger partial charge on any atom is 0.407 e. The number of anilines is 1. The Labute approximate surface area is 194 Å². The molecule has 3 rings (SSSR count). The van der Waals surface area contributed by atoms with Crippen molar-refractivity contribution in [1.82, 2.24) is 15.5 Å². The summed E-state index contributed by atoms with van der Waals surface area (Å²) in [5.74, 6) is 1.05. The third kappa shape index (κ3) is 8.12. The lowest BCUT2D eigenvalue weighted by Gasteiger charge is -2.31. The molecule has 33 heavy (non-hydrogen) atoms. The average molecular weight is 463 g/mol.